The second-order valence-corrected chi connectivity index (χ2v) is 5.45. The molecule has 7 heteroatoms. The lowest BCUT2D eigenvalue weighted by Gasteiger charge is -2.05. The third-order valence-electron chi connectivity index (χ3n) is 3.68. The van der Waals surface area contributed by atoms with Crippen LogP contribution in [0.25, 0.3) is 22.5 Å². The Morgan fingerprint density at radius 3 is 2.48 bits per heavy atom. The zero-order valence-electron chi connectivity index (χ0n) is 12.8. The van der Waals surface area contributed by atoms with E-state index in [0.717, 1.165) is 16.8 Å². The zero-order chi connectivity index (χ0) is 16.0. The molecule has 4 rings (SSSR count). The molecule has 0 amide bonds. The number of nitrogens with two attached hydrogens (primary N) is 1. The van der Waals surface area contributed by atoms with Crippen LogP contribution in [-0.4, -0.2) is 29.5 Å². The van der Waals surface area contributed by atoms with E-state index in [4.69, 9.17) is 5.73 Å². The van der Waals surface area contributed by atoms with E-state index in [1.165, 1.54) is 11.9 Å². The van der Waals surface area contributed by atoms with Crippen LogP contribution in [0.4, 0.5) is 5.82 Å². The summed E-state index contributed by atoms with van der Waals surface area (Å²) < 4.78 is 3.40. The predicted molar refractivity (Wildman–Crippen MR) is 87.7 cm³/mol. The molecular weight excluding hydrogens is 290 g/mol. The summed E-state index contributed by atoms with van der Waals surface area (Å²) in [7, 11) is 0. The quantitative estimate of drug-likeness (QED) is 0.613. The highest BCUT2D eigenvalue weighted by molar-refractivity contribution is 5.83. The van der Waals surface area contributed by atoms with Gasteiger partial charge in [0.2, 0.25) is 0 Å². The van der Waals surface area contributed by atoms with Crippen molar-refractivity contribution in [1.82, 2.24) is 29.5 Å². The maximum Gasteiger partial charge on any atom is 0.170 e. The van der Waals surface area contributed by atoms with Crippen molar-refractivity contribution in [3.05, 3.63) is 54.1 Å². The highest BCUT2D eigenvalue weighted by Gasteiger charge is 2.14. The Balaban J connectivity index is 1.93. The molecule has 0 bridgehead atoms. The van der Waals surface area contributed by atoms with Gasteiger partial charge in [-0.15, -0.1) is 0 Å². The van der Waals surface area contributed by atoms with E-state index in [1.54, 1.807) is 21.6 Å². The topological polar surface area (TPSA) is 87.4 Å². The summed E-state index contributed by atoms with van der Waals surface area (Å²) in [5.74, 6) is 1.16. The van der Waals surface area contributed by atoms with Gasteiger partial charge in [-0.2, -0.15) is 14.9 Å². The molecule has 0 saturated heterocycles. The maximum absolute atomic E-state index is 6.01. The smallest absolute Gasteiger partial charge is 0.170 e. The molecule has 23 heavy (non-hydrogen) atoms. The molecule has 0 atom stereocenters. The summed E-state index contributed by atoms with van der Waals surface area (Å²) in [5.41, 5.74) is 9.70. The Kier molecular flexibility index (Phi) is 2.87. The van der Waals surface area contributed by atoms with Crippen molar-refractivity contribution in [1.29, 1.82) is 0 Å². The summed E-state index contributed by atoms with van der Waals surface area (Å²) in [4.78, 5) is 8.70. The summed E-state index contributed by atoms with van der Waals surface area (Å²) >= 11 is 0. The van der Waals surface area contributed by atoms with Crippen LogP contribution in [0.3, 0.4) is 0 Å². The number of nitrogen functional groups attached to an aromatic ring is 1. The number of fused-ring (bicyclic) bond motifs is 1. The number of aryl methyl sites for hydroxylation is 2. The molecule has 0 aliphatic heterocycles. The van der Waals surface area contributed by atoms with Gasteiger partial charge >= 0.3 is 0 Å². The standard InChI is InChI=1S/C16H15N7/c1-10-3-5-12(6-4-10)22-15-13(8-20-22)16(19-9-18-15)23-14(17)7-11(2)21-23/h3-9H,17H2,1-2H3. The number of hydrogen-bond donors (Lipinski definition) is 1. The van der Waals surface area contributed by atoms with Gasteiger partial charge in [-0.1, -0.05) is 17.7 Å². The fraction of sp³-hybridized carbons (Fsp3) is 0.125. The van der Waals surface area contributed by atoms with Crippen LogP contribution < -0.4 is 5.73 Å². The molecule has 7 nitrogen and oxygen atoms in total. The molecule has 4 aromatic rings. The maximum atomic E-state index is 6.01. The van der Waals surface area contributed by atoms with Crippen LogP contribution in [0.2, 0.25) is 0 Å². The third-order valence-corrected chi connectivity index (χ3v) is 3.68. The molecule has 0 fully saturated rings. The predicted octanol–water partition coefficient (Wildman–Crippen LogP) is 2.20. The minimum Gasteiger partial charge on any atom is -0.384 e. The zero-order valence-corrected chi connectivity index (χ0v) is 12.8. The van der Waals surface area contributed by atoms with Gasteiger partial charge in [-0.05, 0) is 26.0 Å². The molecule has 0 aliphatic carbocycles. The second-order valence-electron chi connectivity index (χ2n) is 5.45. The summed E-state index contributed by atoms with van der Waals surface area (Å²) in [6, 6.07) is 9.91. The van der Waals surface area contributed by atoms with Gasteiger partial charge in [0.25, 0.3) is 0 Å². The van der Waals surface area contributed by atoms with Crippen LogP contribution in [0, 0.1) is 13.8 Å². The average molecular weight is 305 g/mol. The van der Waals surface area contributed by atoms with E-state index in [9.17, 15) is 0 Å². The highest BCUT2D eigenvalue weighted by Crippen LogP contribution is 2.22. The molecule has 1 aromatic carbocycles. The summed E-state index contributed by atoms with van der Waals surface area (Å²) in [5, 5.41) is 9.63. The monoisotopic (exact) mass is 305 g/mol. The summed E-state index contributed by atoms with van der Waals surface area (Å²) in [6.07, 6.45) is 3.24. The van der Waals surface area contributed by atoms with Crippen LogP contribution in [-0.2, 0) is 0 Å². The molecule has 0 radical (unpaired) electrons. The van der Waals surface area contributed by atoms with E-state index >= 15 is 0 Å². The van der Waals surface area contributed by atoms with Gasteiger partial charge in [0, 0.05) is 6.07 Å². The minimum atomic E-state index is 0.533. The fourth-order valence-corrected chi connectivity index (χ4v) is 2.56. The number of anilines is 1. The lowest BCUT2D eigenvalue weighted by Crippen LogP contribution is -2.05. The Bertz CT molecular complexity index is 995. The van der Waals surface area contributed by atoms with Crippen molar-refractivity contribution in [3.8, 4) is 11.5 Å². The lowest BCUT2D eigenvalue weighted by molar-refractivity contribution is 0.843. The van der Waals surface area contributed by atoms with E-state index in [2.05, 4.69) is 20.2 Å². The first-order valence-electron chi connectivity index (χ1n) is 7.22. The molecule has 2 N–H and O–H groups in total. The van der Waals surface area contributed by atoms with Crippen molar-refractivity contribution in [2.75, 3.05) is 5.73 Å². The minimum absolute atomic E-state index is 0.533. The molecule has 0 aliphatic rings. The number of hydrogen-bond acceptors (Lipinski definition) is 5. The van der Waals surface area contributed by atoms with Gasteiger partial charge in [0.05, 0.1) is 23.0 Å². The largest absolute Gasteiger partial charge is 0.384 e. The number of aromatic nitrogens is 6. The van der Waals surface area contributed by atoms with Crippen LogP contribution >= 0.6 is 0 Å². The number of rotatable bonds is 2. The molecular formula is C16H15N7. The molecule has 0 unspecified atom stereocenters. The first-order valence-corrected chi connectivity index (χ1v) is 7.22. The van der Waals surface area contributed by atoms with Gasteiger partial charge in [0.1, 0.15) is 12.1 Å². The normalized spacial score (nSPS) is 11.2. The first-order chi connectivity index (χ1) is 11.1. The van der Waals surface area contributed by atoms with Crippen LogP contribution in [0.15, 0.2) is 42.9 Å². The third kappa shape index (κ3) is 2.13. The van der Waals surface area contributed by atoms with Crippen molar-refractivity contribution < 1.29 is 0 Å². The van der Waals surface area contributed by atoms with E-state index < -0.39 is 0 Å². The van der Waals surface area contributed by atoms with E-state index in [0.29, 0.717) is 17.3 Å². The summed E-state index contributed by atoms with van der Waals surface area (Å²) in [6.45, 7) is 3.94. The van der Waals surface area contributed by atoms with E-state index in [1.807, 2.05) is 38.1 Å². The van der Waals surface area contributed by atoms with Crippen LogP contribution in [0.1, 0.15) is 11.3 Å². The van der Waals surface area contributed by atoms with Crippen molar-refractivity contribution in [2.24, 2.45) is 0 Å². The van der Waals surface area contributed by atoms with Crippen molar-refractivity contribution in [3.63, 3.8) is 0 Å². The van der Waals surface area contributed by atoms with Gasteiger partial charge in [0.15, 0.2) is 11.5 Å². The first kappa shape index (κ1) is 13.4. The number of nitrogens with zero attached hydrogens (tertiary/aromatic N) is 6. The van der Waals surface area contributed by atoms with E-state index in [-0.39, 0.29) is 0 Å². The van der Waals surface area contributed by atoms with Gasteiger partial charge < -0.3 is 5.73 Å². The molecule has 3 heterocycles. The fourth-order valence-electron chi connectivity index (χ4n) is 2.56. The van der Waals surface area contributed by atoms with Crippen molar-refractivity contribution >= 4 is 16.9 Å². The van der Waals surface area contributed by atoms with Gasteiger partial charge in [-0.3, -0.25) is 0 Å². The Hall–Kier alpha value is -3.22. The average Bonchev–Trinajstić information content (AvgIpc) is 3.11. The van der Waals surface area contributed by atoms with Crippen LogP contribution in [0.5, 0.6) is 0 Å². The molecule has 0 saturated carbocycles. The van der Waals surface area contributed by atoms with Crippen molar-refractivity contribution in [2.45, 2.75) is 13.8 Å². The second kappa shape index (κ2) is 4.91. The highest BCUT2D eigenvalue weighted by atomic mass is 15.4. The Morgan fingerprint density at radius 1 is 1.00 bits per heavy atom. The molecule has 3 aromatic heterocycles. The lowest BCUT2D eigenvalue weighted by atomic mass is 10.2. The SMILES string of the molecule is Cc1ccc(-n2ncc3c(-n4nc(C)cc4N)ncnc32)cc1. The van der Waals surface area contributed by atoms with Gasteiger partial charge in [-0.25, -0.2) is 14.6 Å². The molecule has 0 spiro atoms. The Morgan fingerprint density at radius 2 is 1.78 bits per heavy atom. The number of benzene rings is 1. The Labute approximate surface area is 132 Å². The molecule has 114 valence electrons.